The van der Waals surface area contributed by atoms with Gasteiger partial charge in [0, 0.05) is 25.0 Å². The van der Waals surface area contributed by atoms with Gasteiger partial charge in [-0.2, -0.15) is 0 Å². The maximum Gasteiger partial charge on any atom is 0.0948 e. The molecule has 0 radical (unpaired) electrons. The number of rotatable bonds is 5. The van der Waals surface area contributed by atoms with Gasteiger partial charge in [-0.1, -0.05) is 13.8 Å². The average molecular weight is 181 g/mol. The minimum Gasteiger partial charge on any atom is -0.333 e. The van der Waals surface area contributed by atoms with Crippen molar-refractivity contribution in [1.29, 1.82) is 0 Å². The molecule has 0 saturated heterocycles. The van der Waals surface area contributed by atoms with Crippen LogP contribution in [0.15, 0.2) is 12.5 Å². The number of nitrogens with one attached hydrogen (secondary N) is 1. The molecule has 0 amide bonds. The Balaban J connectivity index is 2.65. The molecule has 3 heteroatoms. The zero-order valence-corrected chi connectivity index (χ0v) is 8.75. The molecule has 1 aromatic rings. The monoisotopic (exact) mass is 181 g/mol. The highest BCUT2D eigenvalue weighted by atomic mass is 15.1. The molecular formula is C10H19N3. The van der Waals surface area contributed by atoms with Crippen molar-refractivity contribution in [3.05, 3.63) is 18.2 Å². The molecule has 0 aromatic carbocycles. The van der Waals surface area contributed by atoms with Crippen LogP contribution in [0.1, 0.15) is 31.9 Å². The lowest BCUT2D eigenvalue weighted by molar-refractivity contribution is 0.583. The van der Waals surface area contributed by atoms with E-state index in [9.17, 15) is 0 Å². The second-order valence-corrected chi connectivity index (χ2v) is 3.42. The normalized spacial score (nSPS) is 13.2. The predicted molar refractivity (Wildman–Crippen MR) is 54.9 cm³/mol. The number of hydrogen-bond donors (Lipinski definition) is 1. The van der Waals surface area contributed by atoms with Gasteiger partial charge in [-0.15, -0.1) is 0 Å². The van der Waals surface area contributed by atoms with E-state index >= 15 is 0 Å². The van der Waals surface area contributed by atoms with E-state index in [1.54, 1.807) is 0 Å². The highest BCUT2D eigenvalue weighted by Gasteiger charge is 2.07. The molecule has 0 aliphatic rings. The Labute approximate surface area is 80.2 Å². The first-order valence-corrected chi connectivity index (χ1v) is 4.94. The molecule has 1 aromatic heterocycles. The second-order valence-electron chi connectivity index (χ2n) is 3.42. The van der Waals surface area contributed by atoms with Gasteiger partial charge in [-0.25, -0.2) is 4.98 Å². The lowest BCUT2D eigenvalue weighted by Gasteiger charge is -2.12. The zero-order valence-electron chi connectivity index (χ0n) is 8.75. The molecule has 1 heterocycles. The quantitative estimate of drug-likeness (QED) is 0.748. The van der Waals surface area contributed by atoms with Gasteiger partial charge in [0.15, 0.2) is 0 Å². The van der Waals surface area contributed by atoms with E-state index in [0.29, 0.717) is 5.92 Å². The Morgan fingerprint density at radius 3 is 3.00 bits per heavy atom. The molecule has 0 fully saturated rings. The van der Waals surface area contributed by atoms with Crippen LogP contribution in [0.4, 0.5) is 0 Å². The van der Waals surface area contributed by atoms with Crippen molar-refractivity contribution >= 4 is 0 Å². The largest absolute Gasteiger partial charge is 0.333 e. The van der Waals surface area contributed by atoms with Gasteiger partial charge in [0.1, 0.15) is 0 Å². The summed E-state index contributed by atoms with van der Waals surface area (Å²) in [6, 6.07) is 0. The van der Waals surface area contributed by atoms with Crippen molar-refractivity contribution in [2.75, 3.05) is 13.6 Å². The molecule has 0 aliphatic carbocycles. The highest BCUT2D eigenvalue weighted by Crippen LogP contribution is 2.17. The summed E-state index contributed by atoms with van der Waals surface area (Å²) >= 11 is 0. The fourth-order valence-electron chi connectivity index (χ4n) is 1.37. The van der Waals surface area contributed by atoms with Crippen molar-refractivity contribution in [2.45, 2.75) is 32.7 Å². The lowest BCUT2D eigenvalue weighted by atomic mass is 10.1. The summed E-state index contributed by atoms with van der Waals surface area (Å²) < 4.78 is 2.23. The van der Waals surface area contributed by atoms with Crippen molar-refractivity contribution in [3.63, 3.8) is 0 Å². The SMILES string of the molecule is CCC(C)c1cncn1CCNC. The molecule has 1 unspecified atom stereocenters. The Hall–Kier alpha value is -0.830. The molecule has 0 spiro atoms. The topological polar surface area (TPSA) is 29.9 Å². The van der Waals surface area contributed by atoms with Crippen LogP contribution in [-0.2, 0) is 6.54 Å². The molecule has 13 heavy (non-hydrogen) atoms. The summed E-state index contributed by atoms with van der Waals surface area (Å²) in [6.45, 7) is 6.46. The molecule has 1 N–H and O–H groups in total. The van der Waals surface area contributed by atoms with Crippen LogP contribution in [0, 0.1) is 0 Å². The summed E-state index contributed by atoms with van der Waals surface area (Å²) in [4.78, 5) is 4.18. The number of imidazole rings is 1. The first-order chi connectivity index (χ1) is 6.29. The van der Waals surface area contributed by atoms with Crippen LogP contribution in [-0.4, -0.2) is 23.1 Å². The lowest BCUT2D eigenvalue weighted by Crippen LogP contribution is -2.16. The van der Waals surface area contributed by atoms with E-state index in [-0.39, 0.29) is 0 Å². The summed E-state index contributed by atoms with van der Waals surface area (Å²) in [5.41, 5.74) is 1.35. The predicted octanol–water partition coefficient (Wildman–Crippen LogP) is 1.62. The molecule has 0 bridgehead atoms. The number of likely N-dealkylation sites (N-methyl/N-ethyl adjacent to an activating group) is 1. The molecule has 0 saturated carbocycles. The van der Waals surface area contributed by atoms with Gasteiger partial charge >= 0.3 is 0 Å². The van der Waals surface area contributed by atoms with Gasteiger partial charge in [-0.05, 0) is 19.4 Å². The van der Waals surface area contributed by atoms with Gasteiger partial charge in [0.2, 0.25) is 0 Å². The zero-order chi connectivity index (χ0) is 9.68. The van der Waals surface area contributed by atoms with Gasteiger partial charge in [-0.3, -0.25) is 0 Å². The Kier molecular flexibility index (Phi) is 3.96. The van der Waals surface area contributed by atoms with E-state index in [2.05, 4.69) is 28.7 Å². The van der Waals surface area contributed by atoms with Crippen LogP contribution < -0.4 is 5.32 Å². The molecule has 74 valence electrons. The maximum absolute atomic E-state index is 4.18. The first kappa shape index (κ1) is 10.3. The van der Waals surface area contributed by atoms with E-state index in [1.807, 2.05) is 19.6 Å². The third-order valence-corrected chi connectivity index (χ3v) is 2.46. The Morgan fingerprint density at radius 1 is 1.62 bits per heavy atom. The fraction of sp³-hybridized carbons (Fsp3) is 0.700. The first-order valence-electron chi connectivity index (χ1n) is 4.94. The van der Waals surface area contributed by atoms with Crippen LogP contribution in [0.2, 0.25) is 0 Å². The van der Waals surface area contributed by atoms with Gasteiger partial charge < -0.3 is 9.88 Å². The minimum absolute atomic E-state index is 0.611. The van der Waals surface area contributed by atoms with E-state index in [1.165, 1.54) is 12.1 Å². The van der Waals surface area contributed by atoms with Crippen LogP contribution in [0.3, 0.4) is 0 Å². The van der Waals surface area contributed by atoms with Crippen molar-refractivity contribution in [1.82, 2.24) is 14.9 Å². The van der Waals surface area contributed by atoms with Gasteiger partial charge in [0.25, 0.3) is 0 Å². The molecule has 1 atom stereocenters. The fourth-order valence-corrected chi connectivity index (χ4v) is 1.37. The average Bonchev–Trinajstić information content (AvgIpc) is 2.61. The maximum atomic E-state index is 4.18. The van der Waals surface area contributed by atoms with Crippen LogP contribution in [0.25, 0.3) is 0 Å². The highest BCUT2D eigenvalue weighted by molar-refractivity contribution is 5.04. The summed E-state index contributed by atoms with van der Waals surface area (Å²) in [7, 11) is 1.97. The van der Waals surface area contributed by atoms with E-state index in [4.69, 9.17) is 0 Å². The van der Waals surface area contributed by atoms with E-state index in [0.717, 1.165) is 13.1 Å². The van der Waals surface area contributed by atoms with Crippen LogP contribution >= 0.6 is 0 Å². The molecule has 0 aliphatic heterocycles. The Morgan fingerprint density at radius 2 is 2.38 bits per heavy atom. The van der Waals surface area contributed by atoms with Gasteiger partial charge in [0.05, 0.1) is 6.33 Å². The number of hydrogen-bond acceptors (Lipinski definition) is 2. The number of nitrogens with zero attached hydrogens (tertiary/aromatic N) is 2. The third-order valence-electron chi connectivity index (χ3n) is 2.46. The number of aromatic nitrogens is 2. The van der Waals surface area contributed by atoms with Crippen molar-refractivity contribution in [3.8, 4) is 0 Å². The molecule has 3 nitrogen and oxygen atoms in total. The summed E-state index contributed by atoms with van der Waals surface area (Å²) in [6.07, 6.45) is 5.06. The minimum atomic E-state index is 0.611. The smallest absolute Gasteiger partial charge is 0.0948 e. The standard InChI is InChI=1S/C10H19N3/c1-4-9(2)10-7-12-8-13(10)6-5-11-3/h7-9,11H,4-6H2,1-3H3. The summed E-state index contributed by atoms with van der Waals surface area (Å²) in [5.74, 6) is 0.611. The molecule has 1 rings (SSSR count). The summed E-state index contributed by atoms with van der Waals surface area (Å²) in [5, 5.41) is 3.14. The molecular weight excluding hydrogens is 162 g/mol. The third kappa shape index (κ3) is 2.56. The van der Waals surface area contributed by atoms with E-state index < -0.39 is 0 Å². The van der Waals surface area contributed by atoms with Crippen LogP contribution in [0.5, 0.6) is 0 Å². The Bertz CT molecular complexity index is 242. The van der Waals surface area contributed by atoms with Crippen molar-refractivity contribution in [2.24, 2.45) is 0 Å². The second kappa shape index (κ2) is 5.02. The van der Waals surface area contributed by atoms with Crippen molar-refractivity contribution < 1.29 is 0 Å².